The Morgan fingerprint density at radius 3 is 2.28 bits per heavy atom. The molecule has 3 atom stereocenters. The van der Waals surface area contributed by atoms with E-state index in [0.29, 0.717) is 11.7 Å². The number of phenolic OH excluding ortho intramolecular Hbond substituents is 1. The first-order chi connectivity index (χ1) is 13.9. The number of aldehydes is 1. The highest BCUT2D eigenvalue weighted by Crippen LogP contribution is 2.62. The zero-order valence-corrected chi connectivity index (χ0v) is 17.8. The number of aromatic hydroxyl groups is 1. The molecule has 1 aliphatic heterocycles. The minimum absolute atomic E-state index is 0.111. The Balaban J connectivity index is 1.43. The molecule has 5 aliphatic carbocycles. The fourth-order valence-electron chi connectivity index (χ4n) is 8.68. The number of benzene rings is 1. The lowest BCUT2D eigenvalue weighted by atomic mass is 9.48. The third kappa shape index (κ3) is 2.65. The average Bonchev–Trinajstić information content (AvgIpc) is 2.65. The number of carbonyl (C=O) groups is 1. The maximum absolute atomic E-state index is 11.5. The quantitative estimate of drug-likeness (QED) is 0.652. The Bertz CT molecular complexity index is 818. The molecule has 1 heterocycles. The zero-order chi connectivity index (χ0) is 20.0. The van der Waals surface area contributed by atoms with Gasteiger partial charge < -0.3 is 14.6 Å². The monoisotopic (exact) mass is 394 g/mol. The molecule has 0 saturated heterocycles. The lowest BCUT2D eigenvalue weighted by Crippen LogP contribution is -2.49. The molecule has 1 aromatic rings. The summed E-state index contributed by atoms with van der Waals surface area (Å²) in [7, 11) is 0. The lowest BCUT2D eigenvalue weighted by Gasteiger charge is -2.57. The normalized spacial score (nSPS) is 43.9. The standard InChI is InChI=1S/C26H34O3/c1-25(2)21-4-3-15(14-27)8-20(21)24-22(28)9-19(10-23(24)29-25)26-11-16-5-17(12-26)7-18(6-16)13-26/h9-10,14-18,20-21,28H,3-8,11-13H2,1-2H3/t15-,16?,17?,18?,20+,21+,26?/m0/s1. The predicted octanol–water partition coefficient (Wildman–Crippen LogP) is 5.73. The van der Waals surface area contributed by atoms with Gasteiger partial charge in [0.25, 0.3) is 0 Å². The van der Waals surface area contributed by atoms with Gasteiger partial charge in [0.2, 0.25) is 0 Å². The highest BCUT2D eigenvalue weighted by molar-refractivity contribution is 5.57. The second kappa shape index (κ2) is 6.02. The second-order valence-electron chi connectivity index (χ2n) is 11.7. The van der Waals surface area contributed by atoms with Crippen molar-refractivity contribution in [2.75, 3.05) is 0 Å². The smallest absolute Gasteiger partial charge is 0.127 e. The van der Waals surface area contributed by atoms with Crippen LogP contribution in [0.25, 0.3) is 0 Å². The van der Waals surface area contributed by atoms with Gasteiger partial charge in [-0.25, -0.2) is 0 Å². The van der Waals surface area contributed by atoms with E-state index < -0.39 is 0 Å². The van der Waals surface area contributed by atoms with Gasteiger partial charge in [-0.15, -0.1) is 0 Å². The van der Waals surface area contributed by atoms with Gasteiger partial charge in [0.1, 0.15) is 23.4 Å². The molecule has 156 valence electrons. The fraction of sp³-hybridized carbons (Fsp3) is 0.731. The number of hydrogen-bond acceptors (Lipinski definition) is 3. The molecule has 4 bridgehead atoms. The number of phenols is 1. The van der Waals surface area contributed by atoms with Crippen LogP contribution in [-0.2, 0) is 10.2 Å². The van der Waals surface area contributed by atoms with Crippen molar-refractivity contribution in [1.29, 1.82) is 0 Å². The van der Waals surface area contributed by atoms with Gasteiger partial charge in [-0.05, 0) is 118 Å². The molecule has 0 unspecified atom stereocenters. The van der Waals surface area contributed by atoms with Crippen LogP contribution in [0.5, 0.6) is 11.5 Å². The minimum atomic E-state index is -0.252. The summed E-state index contributed by atoms with van der Waals surface area (Å²) in [6, 6.07) is 4.39. The number of ether oxygens (including phenoxy) is 1. The molecule has 7 rings (SSSR count). The van der Waals surface area contributed by atoms with Gasteiger partial charge in [0.05, 0.1) is 0 Å². The van der Waals surface area contributed by atoms with Crippen molar-refractivity contribution >= 4 is 6.29 Å². The van der Waals surface area contributed by atoms with Crippen molar-refractivity contribution in [2.24, 2.45) is 29.6 Å². The highest BCUT2D eigenvalue weighted by atomic mass is 16.5. The van der Waals surface area contributed by atoms with Crippen molar-refractivity contribution < 1.29 is 14.6 Å². The Labute approximate surface area is 174 Å². The molecule has 29 heavy (non-hydrogen) atoms. The molecular weight excluding hydrogens is 360 g/mol. The van der Waals surface area contributed by atoms with E-state index in [2.05, 4.69) is 26.0 Å². The van der Waals surface area contributed by atoms with E-state index in [1.807, 2.05) is 0 Å². The van der Waals surface area contributed by atoms with Crippen molar-refractivity contribution in [3.8, 4) is 11.5 Å². The lowest BCUT2D eigenvalue weighted by molar-refractivity contribution is -0.113. The first-order valence-corrected chi connectivity index (χ1v) is 11.9. The van der Waals surface area contributed by atoms with E-state index in [-0.39, 0.29) is 22.9 Å². The molecule has 1 N–H and O–H groups in total. The van der Waals surface area contributed by atoms with E-state index in [9.17, 15) is 9.90 Å². The van der Waals surface area contributed by atoms with Crippen LogP contribution in [0.15, 0.2) is 12.1 Å². The average molecular weight is 395 g/mol. The molecule has 3 heteroatoms. The van der Waals surface area contributed by atoms with Crippen molar-refractivity contribution in [3.05, 3.63) is 23.3 Å². The largest absolute Gasteiger partial charge is 0.508 e. The fourth-order valence-corrected chi connectivity index (χ4v) is 8.68. The van der Waals surface area contributed by atoms with E-state index in [1.54, 1.807) is 0 Å². The van der Waals surface area contributed by atoms with Crippen LogP contribution in [0, 0.1) is 29.6 Å². The van der Waals surface area contributed by atoms with Crippen LogP contribution in [0.2, 0.25) is 0 Å². The molecule has 3 nitrogen and oxygen atoms in total. The minimum Gasteiger partial charge on any atom is -0.508 e. The Kier molecular flexibility index (Phi) is 3.79. The van der Waals surface area contributed by atoms with Crippen LogP contribution in [0.1, 0.15) is 88.7 Å². The van der Waals surface area contributed by atoms with E-state index in [0.717, 1.165) is 54.6 Å². The summed E-state index contributed by atoms with van der Waals surface area (Å²) in [5.41, 5.74) is 2.31. The van der Waals surface area contributed by atoms with Crippen molar-refractivity contribution in [3.63, 3.8) is 0 Å². The summed E-state index contributed by atoms with van der Waals surface area (Å²) in [5.74, 6) is 4.67. The Morgan fingerprint density at radius 1 is 1.00 bits per heavy atom. The predicted molar refractivity (Wildman–Crippen MR) is 112 cm³/mol. The summed E-state index contributed by atoms with van der Waals surface area (Å²) in [5, 5.41) is 11.2. The maximum Gasteiger partial charge on any atom is 0.127 e. The van der Waals surface area contributed by atoms with Gasteiger partial charge in [-0.1, -0.05) is 0 Å². The van der Waals surface area contributed by atoms with Crippen molar-refractivity contribution in [2.45, 2.75) is 88.6 Å². The molecule has 0 amide bonds. The van der Waals surface area contributed by atoms with E-state index >= 15 is 0 Å². The molecule has 0 spiro atoms. The molecular formula is C26H34O3. The van der Waals surface area contributed by atoms with Crippen molar-refractivity contribution in [1.82, 2.24) is 0 Å². The van der Waals surface area contributed by atoms with Crippen LogP contribution in [0.4, 0.5) is 0 Å². The van der Waals surface area contributed by atoms with E-state index in [4.69, 9.17) is 4.74 Å². The molecule has 0 aromatic heterocycles. The van der Waals surface area contributed by atoms with Gasteiger partial charge in [-0.2, -0.15) is 0 Å². The SMILES string of the molecule is CC1(C)Oc2cc(C34CC5CC(CC(C5)C3)C4)cc(O)c2[C@@H]2C[C@@H](C=O)CC[C@H]21. The van der Waals surface area contributed by atoms with Crippen LogP contribution in [-0.4, -0.2) is 17.0 Å². The summed E-state index contributed by atoms with van der Waals surface area (Å²) >= 11 is 0. The van der Waals surface area contributed by atoms with Gasteiger partial charge in [0, 0.05) is 17.4 Å². The number of fused-ring (bicyclic) bond motifs is 3. The molecule has 5 fully saturated rings. The van der Waals surface area contributed by atoms with Gasteiger partial charge in [-0.3, -0.25) is 0 Å². The maximum atomic E-state index is 11.5. The number of rotatable bonds is 2. The van der Waals surface area contributed by atoms with Crippen LogP contribution in [0.3, 0.4) is 0 Å². The second-order valence-corrected chi connectivity index (χ2v) is 11.7. The highest BCUT2D eigenvalue weighted by Gasteiger charge is 2.53. The summed E-state index contributed by atoms with van der Waals surface area (Å²) in [6.07, 6.45) is 12.1. The number of hydrogen-bond donors (Lipinski definition) is 1. The summed E-state index contributed by atoms with van der Waals surface area (Å²) in [6.45, 7) is 4.40. The Morgan fingerprint density at radius 2 is 1.66 bits per heavy atom. The Hall–Kier alpha value is -1.51. The summed E-state index contributed by atoms with van der Waals surface area (Å²) < 4.78 is 6.59. The molecule has 1 aromatic carbocycles. The van der Waals surface area contributed by atoms with Crippen LogP contribution >= 0.6 is 0 Å². The molecule has 6 aliphatic rings. The van der Waals surface area contributed by atoms with Crippen LogP contribution < -0.4 is 4.74 Å². The molecule has 5 saturated carbocycles. The first kappa shape index (κ1) is 18.3. The first-order valence-electron chi connectivity index (χ1n) is 11.9. The third-order valence-corrected chi connectivity index (χ3v) is 9.49. The third-order valence-electron chi connectivity index (χ3n) is 9.49. The molecule has 0 radical (unpaired) electrons. The topological polar surface area (TPSA) is 46.5 Å². The van der Waals surface area contributed by atoms with Gasteiger partial charge >= 0.3 is 0 Å². The zero-order valence-electron chi connectivity index (χ0n) is 17.8. The summed E-state index contributed by atoms with van der Waals surface area (Å²) in [4.78, 5) is 11.5. The van der Waals surface area contributed by atoms with Gasteiger partial charge in [0.15, 0.2) is 0 Å². The van der Waals surface area contributed by atoms with E-state index in [1.165, 1.54) is 44.1 Å². The number of carbonyl (C=O) groups excluding carboxylic acids is 1.